The lowest BCUT2D eigenvalue weighted by Gasteiger charge is -2.39. The SMILES string of the molecule is COc1ccc([C@@H]2C3=C(Nc4ncnn42)c2cc(Cl)ccc2O[C@@H]3c2ccc(F)cc2)cc1. The highest BCUT2D eigenvalue weighted by atomic mass is 35.5. The third kappa shape index (κ3) is 3.24. The summed E-state index contributed by atoms with van der Waals surface area (Å²) in [6, 6.07) is 19.4. The Kier molecular flexibility index (Phi) is 4.58. The van der Waals surface area contributed by atoms with Crippen LogP contribution in [0.2, 0.25) is 5.02 Å². The number of hydrogen-bond acceptors (Lipinski definition) is 5. The van der Waals surface area contributed by atoms with E-state index in [9.17, 15) is 4.39 Å². The number of aromatic nitrogens is 3. The number of anilines is 1. The predicted molar refractivity (Wildman–Crippen MR) is 123 cm³/mol. The van der Waals surface area contributed by atoms with Crippen LogP contribution in [0.25, 0.3) is 5.70 Å². The van der Waals surface area contributed by atoms with Crippen LogP contribution in [0.15, 0.2) is 78.6 Å². The largest absolute Gasteiger partial charge is 0.497 e. The molecule has 1 N–H and O–H groups in total. The fourth-order valence-electron chi connectivity index (χ4n) is 4.46. The summed E-state index contributed by atoms with van der Waals surface area (Å²) in [4.78, 5) is 4.42. The Bertz CT molecular complexity index is 1380. The van der Waals surface area contributed by atoms with E-state index in [4.69, 9.17) is 21.1 Å². The maximum atomic E-state index is 13.7. The molecule has 8 heteroatoms. The van der Waals surface area contributed by atoms with Gasteiger partial charge in [-0.15, -0.1) is 0 Å². The van der Waals surface area contributed by atoms with E-state index in [1.165, 1.54) is 18.5 Å². The maximum Gasteiger partial charge on any atom is 0.226 e. The lowest BCUT2D eigenvalue weighted by Crippen LogP contribution is -2.32. The second-order valence-corrected chi connectivity index (χ2v) is 8.29. The van der Waals surface area contributed by atoms with Crippen LogP contribution in [-0.2, 0) is 0 Å². The molecular formula is C25H18ClFN4O2. The van der Waals surface area contributed by atoms with Crippen LogP contribution in [0.5, 0.6) is 11.5 Å². The first-order valence-corrected chi connectivity index (χ1v) is 10.8. The standard InChI is InChI=1S/C25H18ClFN4O2/c1-32-18-9-4-14(5-10-18)23-21-22(30-25-28-13-29-31(23)25)19-12-16(26)6-11-20(19)33-24(21)15-2-7-17(27)8-3-15/h2-13,23-24H,1H3,(H,28,29,30)/t23-,24-/m1/s1. The Labute approximate surface area is 194 Å². The normalized spacial score (nSPS) is 18.5. The smallest absolute Gasteiger partial charge is 0.226 e. The van der Waals surface area contributed by atoms with Crippen LogP contribution >= 0.6 is 11.6 Å². The van der Waals surface area contributed by atoms with Gasteiger partial charge in [0.05, 0.1) is 12.8 Å². The van der Waals surface area contributed by atoms with Crippen LogP contribution in [0.4, 0.5) is 10.3 Å². The van der Waals surface area contributed by atoms with Gasteiger partial charge in [0.25, 0.3) is 0 Å². The number of halogens is 2. The van der Waals surface area contributed by atoms with E-state index in [0.29, 0.717) is 16.7 Å². The highest BCUT2D eigenvalue weighted by molar-refractivity contribution is 6.30. The number of nitrogens with zero attached hydrogens (tertiary/aromatic N) is 3. The minimum atomic E-state index is -0.480. The van der Waals surface area contributed by atoms with Crippen molar-refractivity contribution >= 4 is 23.2 Å². The lowest BCUT2D eigenvalue weighted by atomic mass is 9.84. The Balaban J connectivity index is 1.61. The molecule has 0 radical (unpaired) electrons. The molecule has 3 aromatic carbocycles. The molecule has 33 heavy (non-hydrogen) atoms. The number of fused-ring (bicyclic) bond motifs is 3. The molecule has 6 nitrogen and oxygen atoms in total. The van der Waals surface area contributed by atoms with E-state index >= 15 is 0 Å². The van der Waals surface area contributed by atoms with Gasteiger partial charge in [-0.05, 0) is 53.6 Å². The Hall–Kier alpha value is -3.84. The van der Waals surface area contributed by atoms with Crippen LogP contribution in [0, 0.1) is 5.82 Å². The Morgan fingerprint density at radius 1 is 1.03 bits per heavy atom. The molecular weight excluding hydrogens is 443 g/mol. The predicted octanol–water partition coefficient (Wildman–Crippen LogP) is 5.64. The van der Waals surface area contributed by atoms with Gasteiger partial charge in [-0.25, -0.2) is 9.07 Å². The van der Waals surface area contributed by atoms with Gasteiger partial charge in [-0.3, -0.25) is 0 Å². The molecule has 0 spiro atoms. The van der Waals surface area contributed by atoms with Gasteiger partial charge < -0.3 is 14.8 Å². The average molecular weight is 461 g/mol. The number of methoxy groups -OCH3 is 1. The number of benzene rings is 3. The van der Waals surface area contributed by atoms with Crippen LogP contribution in [0.3, 0.4) is 0 Å². The molecule has 164 valence electrons. The van der Waals surface area contributed by atoms with Crippen LogP contribution in [-0.4, -0.2) is 21.9 Å². The molecule has 0 saturated heterocycles. The van der Waals surface area contributed by atoms with Crippen molar-refractivity contribution in [1.29, 1.82) is 0 Å². The van der Waals surface area contributed by atoms with Gasteiger partial charge in [0.2, 0.25) is 5.95 Å². The highest BCUT2D eigenvalue weighted by Crippen LogP contribution is 2.51. The second-order valence-electron chi connectivity index (χ2n) is 7.85. The van der Waals surface area contributed by atoms with Gasteiger partial charge in [0.15, 0.2) is 0 Å². The summed E-state index contributed by atoms with van der Waals surface area (Å²) in [6.45, 7) is 0. The van der Waals surface area contributed by atoms with Crippen molar-refractivity contribution in [3.63, 3.8) is 0 Å². The van der Waals surface area contributed by atoms with Crippen molar-refractivity contribution in [3.05, 3.63) is 106 Å². The van der Waals surface area contributed by atoms with E-state index < -0.39 is 6.10 Å². The van der Waals surface area contributed by atoms with Crippen LogP contribution < -0.4 is 14.8 Å². The average Bonchev–Trinajstić information content (AvgIpc) is 3.31. The zero-order chi connectivity index (χ0) is 22.5. The summed E-state index contributed by atoms with van der Waals surface area (Å²) < 4.78 is 27.4. The third-order valence-electron chi connectivity index (χ3n) is 5.98. The second kappa shape index (κ2) is 7.64. The first-order chi connectivity index (χ1) is 16.1. The molecule has 2 aliphatic heterocycles. The molecule has 2 aliphatic rings. The van der Waals surface area contributed by atoms with E-state index in [1.807, 2.05) is 41.1 Å². The molecule has 0 bridgehead atoms. The minimum Gasteiger partial charge on any atom is -0.497 e. The summed E-state index contributed by atoms with van der Waals surface area (Å²) in [5.41, 5.74) is 4.43. The van der Waals surface area contributed by atoms with E-state index in [0.717, 1.165) is 33.7 Å². The molecule has 1 aromatic heterocycles. The number of hydrogen-bond donors (Lipinski definition) is 1. The fraction of sp³-hybridized carbons (Fsp3) is 0.120. The summed E-state index contributed by atoms with van der Waals surface area (Å²) in [7, 11) is 1.63. The van der Waals surface area contributed by atoms with Gasteiger partial charge in [-0.1, -0.05) is 35.9 Å². The van der Waals surface area contributed by atoms with Gasteiger partial charge in [0, 0.05) is 16.2 Å². The number of rotatable bonds is 3. The molecule has 2 atom stereocenters. The quantitative estimate of drug-likeness (QED) is 0.428. The summed E-state index contributed by atoms with van der Waals surface area (Å²) >= 11 is 6.35. The first kappa shape index (κ1) is 19.8. The molecule has 0 aliphatic carbocycles. The van der Waals surface area contributed by atoms with Crippen molar-refractivity contribution in [2.24, 2.45) is 0 Å². The van der Waals surface area contributed by atoms with E-state index in [2.05, 4.69) is 15.4 Å². The minimum absolute atomic E-state index is 0.303. The number of nitrogens with one attached hydrogen (secondary N) is 1. The maximum absolute atomic E-state index is 13.7. The fourth-order valence-corrected chi connectivity index (χ4v) is 4.63. The molecule has 0 fully saturated rings. The molecule has 0 saturated carbocycles. The van der Waals surface area contributed by atoms with Crippen molar-refractivity contribution in [2.75, 3.05) is 12.4 Å². The summed E-state index contributed by atoms with van der Waals surface area (Å²) in [6.07, 6.45) is 1.04. The zero-order valence-electron chi connectivity index (χ0n) is 17.5. The number of ether oxygens (including phenoxy) is 2. The van der Waals surface area contributed by atoms with Gasteiger partial charge >= 0.3 is 0 Å². The Morgan fingerprint density at radius 3 is 2.55 bits per heavy atom. The molecule has 3 heterocycles. The Morgan fingerprint density at radius 2 is 1.79 bits per heavy atom. The van der Waals surface area contributed by atoms with Crippen LogP contribution in [0.1, 0.15) is 28.8 Å². The third-order valence-corrected chi connectivity index (χ3v) is 6.22. The lowest BCUT2D eigenvalue weighted by molar-refractivity contribution is 0.223. The van der Waals surface area contributed by atoms with Crippen molar-refractivity contribution in [3.8, 4) is 11.5 Å². The summed E-state index contributed by atoms with van der Waals surface area (Å²) in [5.74, 6) is 1.75. The van der Waals surface area contributed by atoms with Gasteiger partial charge in [-0.2, -0.15) is 10.1 Å². The van der Waals surface area contributed by atoms with E-state index in [1.54, 1.807) is 25.3 Å². The van der Waals surface area contributed by atoms with Crippen molar-refractivity contribution < 1.29 is 13.9 Å². The zero-order valence-corrected chi connectivity index (χ0v) is 18.3. The molecule has 6 rings (SSSR count). The van der Waals surface area contributed by atoms with Crippen molar-refractivity contribution in [1.82, 2.24) is 14.8 Å². The monoisotopic (exact) mass is 460 g/mol. The highest BCUT2D eigenvalue weighted by Gasteiger charge is 2.41. The van der Waals surface area contributed by atoms with E-state index in [-0.39, 0.29) is 11.9 Å². The molecule has 0 amide bonds. The topological polar surface area (TPSA) is 61.2 Å². The van der Waals surface area contributed by atoms with Crippen molar-refractivity contribution in [2.45, 2.75) is 12.1 Å². The van der Waals surface area contributed by atoms with Gasteiger partial charge in [0.1, 0.15) is 35.8 Å². The molecule has 0 unspecified atom stereocenters. The molecule has 4 aromatic rings. The first-order valence-electron chi connectivity index (χ1n) is 10.4. The summed E-state index contributed by atoms with van der Waals surface area (Å²) in [5, 5.41) is 8.52.